The zero-order chi connectivity index (χ0) is 22.9. The molecule has 0 saturated carbocycles. The van der Waals surface area contributed by atoms with E-state index in [1.54, 1.807) is 0 Å². The third-order valence-electron chi connectivity index (χ3n) is 7.11. The van der Waals surface area contributed by atoms with E-state index in [9.17, 15) is 0 Å². The molecule has 0 bridgehead atoms. The highest BCUT2D eigenvalue weighted by atomic mass is 28.4. The highest BCUT2D eigenvalue weighted by molar-refractivity contribution is 6.73. The minimum Gasteiger partial charge on any atom is -0.417 e. The summed E-state index contributed by atoms with van der Waals surface area (Å²) in [5, 5.41) is 0. The van der Waals surface area contributed by atoms with Gasteiger partial charge in [-0.25, -0.2) is 0 Å². The molecule has 0 radical (unpaired) electrons. The van der Waals surface area contributed by atoms with E-state index in [-0.39, 0.29) is 0 Å². The minimum absolute atomic E-state index is 1.06. The molecule has 0 aromatic heterocycles. The van der Waals surface area contributed by atoms with Gasteiger partial charge >= 0.3 is 0 Å². The standard InChI is InChI=1S/C29H62OSi/c1-5-9-13-14-15-16-17-18-19-20-21-22-23-24-25-26-30-31(27-10-6-2,28-11-7-3)29-12-8-4/h5-29H2,1-4H3. The zero-order valence-corrected chi connectivity index (χ0v) is 23.6. The Balaban J connectivity index is 3.71. The van der Waals surface area contributed by atoms with Crippen LogP contribution in [0.25, 0.3) is 0 Å². The molecule has 0 rings (SSSR count). The maximum absolute atomic E-state index is 6.79. The Hall–Kier alpha value is 0.177. The topological polar surface area (TPSA) is 9.23 Å². The van der Waals surface area contributed by atoms with Crippen LogP contribution >= 0.6 is 0 Å². The molecule has 0 amide bonds. The maximum atomic E-state index is 6.79. The van der Waals surface area contributed by atoms with Crippen LogP contribution < -0.4 is 0 Å². The molecule has 31 heavy (non-hydrogen) atoms. The van der Waals surface area contributed by atoms with E-state index in [2.05, 4.69) is 27.7 Å². The van der Waals surface area contributed by atoms with Crippen molar-refractivity contribution in [2.45, 2.75) is 181 Å². The highest BCUT2D eigenvalue weighted by Crippen LogP contribution is 2.30. The van der Waals surface area contributed by atoms with Gasteiger partial charge in [0.1, 0.15) is 0 Å². The lowest BCUT2D eigenvalue weighted by Gasteiger charge is -2.32. The van der Waals surface area contributed by atoms with Crippen LogP contribution in [0, 0.1) is 0 Å². The van der Waals surface area contributed by atoms with Crippen molar-refractivity contribution < 1.29 is 4.43 Å². The van der Waals surface area contributed by atoms with Gasteiger partial charge in [0, 0.05) is 6.61 Å². The monoisotopic (exact) mass is 454 g/mol. The second kappa shape index (κ2) is 24.8. The van der Waals surface area contributed by atoms with Gasteiger partial charge in [-0.05, 0) is 24.6 Å². The number of rotatable bonds is 26. The van der Waals surface area contributed by atoms with Gasteiger partial charge in [0.25, 0.3) is 0 Å². The Morgan fingerprint density at radius 3 is 0.968 bits per heavy atom. The summed E-state index contributed by atoms with van der Waals surface area (Å²) >= 11 is 0. The van der Waals surface area contributed by atoms with Crippen LogP contribution in [-0.2, 0) is 4.43 Å². The first kappa shape index (κ1) is 31.2. The molecule has 0 spiro atoms. The summed E-state index contributed by atoms with van der Waals surface area (Å²) in [4.78, 5) is 0. The van der Waals surface area contributed by atoms with Gasteiger partial charge < -0.3 is 4.43 Å². The largest absolute Gasteiger partial charge is 0.417 e. The van der Waals surface area contributed by atoms with Gasteiger partial charge in [-0.2, -0.15) is 0 Å². The number of hydrogen-bond acceptors (Lipinski definition) is 1. The molecule has 1 nitrogen and oxygen atoms in total. The fourth-order valence-corrected chi connectivity index (χ4v) is 9.60. The van der Waals surface area contributed by atoms with Crippen molar-refractivity contribution >= 4 is 8.32 Å². The van der Waals surface area contributed by atoms with Gasteiger partial charge in [0.2, 0.25) is 0 Å². The molecule has 0 aromatic carbocycles. The first-order valence-electron chi connectivity index (χ1n) is 14.9. The molecular weight excluding hydrogens is 392 g/mol. The molecule has 0 aliphatic rings. The molecule has 0 aromatic rings. The van der Waals surface area contributed by atoms with E-state index in [4.69, 9.17) is 4.43 Å². The quantitative estimate of drug-likeness (QED) is 0.0932. The Morgan fingerprint density at radius 1 is 0.355 bits per heavy atom. The molecule has 0 fully saturated rings. The first-order chi connectivity index (χ1) is 15.2. The minimum atomic E-state index is -1.47. The second-order valence-electron chi connectivity index (χ2n) is 10.3. The number of hydrogen-bond donors (Lipinski definition) is 0. The van der Waals surface area contributed by atoms with Crippen LogP contribution in [0.5, 0.6) is 0 Å². The summed E-state index contributed by atoms with van der Waals surface area (Å²) in [6.07, 6.45) is 29.7. The molecule has 0 saturated heterocycles. The predicted molar refractivity (Wildman–Crippen MR) is 146 cm³/mol. The molecular formula is C29H62OSi. The summed E-state index contributed by atoms with van der Waals surface area (Å²) in [5.41, 5.74) is 0. The van der Waals surface area contributed by atoms with Gasteiger partial charge in [-0.15, -0.1) is 0 Å². The molecule has 0 aliphatic carbocycles. The van der Waals surface area contributed by atoms with Crippen molar-refractivity contribution in [3.8, 4) is 0 Å². The maximum Gasteiger partial charge on any atom is 0.192 e. The average molecular weight is 455 g/mol. The molecule has 0 atom stereocenters. The van der Waals surface area contributed by atoms with E-state index in [0.717, 1.165) is 6.61 Å². The van der Waals surface area contributed by atoms with Crippen molar-refractivity contribution in [3.63, 3.8) is 0 Å². The first-order valence-corrected chi connectivity index (χ1v) is 17.4. The summed E-state index contributed by atoms with van der Waals surface area (Å²) < 4.78 is 6.79. The van der Waals surface area contributed by atoms with E-state index < -0.39 is 8.32 Å². The molecule has 0 heterocycles. The van der Waals surface area contributed by atoms with Gasteiger partial charge in [-0.1, -0.05) is 156 Å². The Labute approximate surface area is 200 Å². The smallest absolute Gasteiger partial charge is 0.192 e. The fourth-order valence-electron chi connectivity index (χ4n) is 4.85. The summed E-state index contributed by atoms with van der Waals surface area (Å²) in [6.45, 7) is 10.4. The second-order valence-corrected chi connectivity index (χ2v) is 14.4. The molecule has 2 heteroatoms. The lowest BCUT2D eigenvalue weighted by molar-refractivity contribution is 0.282. The summed E-state index contributed by atoms with van der Waals surface area (Å²) in [5.74, 6) is 0. The lowest BCUT2D eigenvalue weighted by atomic mass is 10.0. The van der Waals surface area contributed by atoms with E-state index in [0.29, 0.717) is 0 Å². The van der Waals surface area contributed by atoms with Gasteiger partial charge in [-0.3, -0.25) is 0 Å². The van der Waals surface area contributed by atoms with Crippen LogP contribution in [0.1, 0.15) is 163 Å². The molecule has 0 aliphatic heterocycles. The van der Waals surface area contributed by atoms with Gasteiger partial charge in [0.15, 0.2) is 8.32 Å². The zero-order valence-electron chi connectivity index (χ0n) is 22.6. The van der Waals surface area contributed by atoms with Crippen molar-refractivity contribution in [2.75, 3.05) is 6.61 Å². The summed E-state index contributed by atoms with van der Waals surface area (Å²) in [7, 11) is -1.47. The van der Waals surface area contributed by atoms with Crippen LogP contribution in [0.2, 0.25) is 18.1 Å². The average Bonchev–Trinajstić information content (AvgIpc) is 2.79. The Kier molecular flexibility index (Phi) is 25.0. The normalized spacial score (nSPS) is 12.0. The number of unbranched alkanes of at least 4 members (excludes halogenated alkanes) is 17. The summed E-state index contributed by atoms with van der Waals surface area (Å²) in [6, 6.07) is 4.26. The van der Waals surface area contributed by atoms with E-state index >= 15 is 0 Å². The van der Waals surface area contributed by atoms with Crippen LogP contribution in [0.4, 0.5) is 0 Å². The third-order valence-corrected chi connectivity index (χ3v) is 11.7. The van der Waals surface area contributed by atoms with Crippen LogP contribution in [-0.4, -0.2) is 14.9 Å². The van der Waals surface area contributed by atoms with Crippen molar-refractivity contribution in [1.29, 1.82) is 0 Å². The van der Waals surface area contributed by atoms with Crippen LogP contribution in [0.15, 0.2) is 0 Å². The van der Waals surface area contributed by atoms with Crippen LogP contribution in [0.3, 0.4) is 0 Å². The Bertz CT molecular complexity index is 309. The molecule has 188 valence electrons. The van der Waals surface area contributed by atoms with Crippen molar-refractivity contribution in [1.82, 2.24) is 0 Å². The lowest BCUT2D eigenvalue weighted by Crippen LogP contribution is -2.38. The third kappa shape index (κ3) is 20.5. The molecule has 0 unspecified atom stereocenters. The van der Waals surface area contributed by atoms with Crippen molar-refractivity contribution in [3.05, 3.63) is 0 Å². The van der Waals surface area contributed by atoms with E-state index in [1.807, 2.05) is 0 Å². The predicted octanol–water partition coefficient (Wildman–Crippen LogP) is 11.2. The highest BCUT2D eigenvalue weighted by Gasteiger charge is 2.32. The Morgan fingerprint density at radius 2 is 0.645 bits per heavy atom. The van der Waals surface area contributed by atoms with Gasteiger partial charge in [0.05, 0.1) is 0 Å². The van der Waals surface area contributed by atoms with E-state index in [1.165, 1.54) is 153 Å². The fraction of sp³-hybridized carbons (Fsp3) is 1.00. The van der Waals surface area contributed by atoms with Crippen molar-refractivity contribution in [2.24, 2.45) is 0 Å². The molecule has 0 N–H and O–H groups in total. The SMILES string of the molecule is CCCCCCCCCCCCCCCCCO[Si](CCCC)(CCCC)CCCC.